The third kappa shape index (κ3) is 2.30. The molecule has 94 valence electrons. The van der Waals surface area contributed by atoms with Gasteiger partial charge in [0.2, 0.25) is 0 Å². The Bertz CT molecular complexity index is 629. The van der Waals surface area contributed by atoms with E-state index in [2.05, 4.69) is 4.98 Å². The van der Waals surface area contributed by atoms with E-state index in [0.717, 1.165) is 6.07 Å². The number of H-pyrrole nitrogens is 1. The van der Waals surface area contributed by atoms with Crippen molar-refractivity contribution in [3.63, 3.8) is 0 Å². The summed E-state index contributed by atoms with van der Waals surface area (Å²) in [4.78, 5) is 13.6. The lowest BCUT2D eigenvalue weighted by Gasteiger charge is -2.12. The molecule has 1 heterocycles. The molecule has 0 unspecified atom stereocenters. The van der Waals surface area contributed by atoms with E-state index in [-0.39, 0.29) is 11.1 Å². The molecular formula is C13H10F3NO. The molecule has 0 fully saturated rings. The van der Waals surface area contributed by atoms with Gasteiger partial charge in [0.25, 0.3) is 5.56 Å². The number of nitrogens with one attached hydrogen (secondary N) is 1. The summed E-state index contributed by atoms with van der Waals surface area (Å²) in [5.74, 6) is 0. The van der Waals surface area contributed by atoms with Gasteiger partial charge >= 0.3 is 6.18 Å². The molecule has 2 aromatic rings. The first kappa shape index (κ1) is 12.4. The molecule has 0 bridgehead atoms. The van der Waals surface area contributed by atoms with Crippen LogP contribution in [-0.4, -0.2) is 4.98 Å². The van der Waals surface area contributed by atoms with Crippen LogP contribution in [0.15, 0.2) is 41.3 Å². The average Bonchev–Trinajstić information content (AvgIpc) is 2.32. The fourth-order valence-electron chi connectivity index (χ4n) is 1.74. The molecule has 0 aliphatic rings. The van der Waals surface area contributed by atoms with Crippen LogP contribution >= 0.6 is 0 Å². The van der Waals surface area contributed by atoms with E-state index in [1.165, 1.54) is 30.5 Å². The Balaban J connectivity index is 2.64. The van der Waals surface area contributed by atoms with E-state index in [9.17, 15) is 18.0 Å². The largest absolute Gasteiger partial charge is 0.417 e. The van der Waals surface area contributed by atoms with Gasteiger partial charge in [-0.2, -0.15) is 13.2 Å². The van der Waals surface area contributed by atoms with E-state index >= 15 is 0 Å². The summed E-state index contributed by atoms with van der Waals surface area (Å²) in [6.07, 6.45) is -3.12. The van der Waals surface area contributed by atoms with Crippen LogP contribution in [0.3, 0.4) is 0 Å². The van der Waals surface area contributed by atoms with Gasteiger partial charge < -0.3 is 4.98 Å². The van der Waals surface area contributed by atoms with Crippen LogP contribution in [0.1, 0.15) is 11.1 Å². The van der Waals surface area contributed by atoms with Crippen molar-refractivity contribution in [3.05, 3.63) is 58.0 Å². The highest BCUT2D eigenvalue weighted by Crippen LogP contribution is 2.36. The second-order valence-electron chi connectivity index (χ2n) is 3.94. The Labute approximate surface area is 101 Å². The number of pyridine rings is 1. The lowest BCUT2D eigenvalue weighted by atomic mass is 10.00. The normalized spacial score (nSPS) is 11.6. The minimum atomic E-state index is -4.42. The summed E-state index contributed by atoms with van der Waals surface area (Å²) in [7, 11) is 0. The zero-order valence-corrected chi connectivity index (χ0v) is 9.51. The van der Waals surface area contributed by atoms with Gasteiger partial charge in [-0.3, -0.25) is 4.79 Å². The number of alkyl halides is 3. The highest BCUT2D eigenvalue weighted by Gasteiger charge is 2.33. The summed E-state index contributed by atoms with van der Waals surface area (Å²) in [6.45, 7) is 1.55. The lowest BCUT2D eigenvalue weighted by molar-refractivity contribution is -0.137. The summed E-state index contributed by atoms with van der Waals surface area (Å²) in [5, 5.41) is 0. The van der Waals surface area contributed by atoms with Crippen molar-refractivity contribution < 1.29 is 13.2 Å². The molecule has 2 nitrogen and oxygen atoms in total. The van der Waals surface area contributed by atoms with Crippen molar-refractivity contribution in [2.24, 2.45) is 0 Å². The highest BCUT2D eigenvalue weighted by atomic mass is 19.4. The number of halogens is 3. The fourth-order valence-corrected chi connectivity index (χ4v) is 1.74. The molecule has 0 spiro atoms. The number of rotatable bonds is 1. The molecule has 1 N–H and O–H groups in total. The van der Waals surface area contributed by atoms with E-state index in [1.807, 2.05) is 0 Å². The molecule has 0 atom stereocenters. The van der Waals surface area contributed by atoms with Gasteiger partial charge in [-0.05, 0) is 30.2 Å². The molecule has 0 saturated carbocycles. The first-order valence-electron chi connectivity index (χ1n) is 5.25. The third-order valence-electron chi connectivity index (χ3n) is 2.63. The molecular weight excluding hydrogens is 243 g/mol. The molecule has 0 aliphatic heterocycles. The van der Waals surface area contributed by atoms with E-state index in [1.54, 1.807) is 6.92 Å². The Morgan fingerprint density at radius 2 is 1.83 bits per heavy atom. The summed E-state index contributed by atoms with van der Waals surface area (Å²) in [6, 6.07) is 6.73. The monoisotopic (exact) mass is 253 g/mol. The lowest BCUT2D eigenvalue weighted by Crippen LogP contribution is -2.10. The van der Waals surface area contributed by atoms with Gasteiger partial charge in [0, 0.05) is 11.8 Å². The topological polar surface area (TPSA) is 32.9 Å². The van der Waals surface area contributed by atoms with Gasteiger partial charge in [-0.15, -0.1) is 0 Å². The molecule has 0 amide bonds. The fraction of sp³-hybridized carbons (Fsp3) is 0.154. The third-order valence-corrected chi connectivity index (χ3v) is 2.63. The van der Waals surface area contributed by atoms with Crippen LogP contribution in [-0.2, 0) is 6.18 Å². The molecule has 2 rings (SSSR count). The van der Waals surface area contributed by atoms with Crippen molar-refractivity contribution in [2.75, 3.05) is 0 Å². The number of hydrogen-bond acceptors (Lipinski definition) is 1. The van der Waals surface area contributed by atoms with Gasteiger partial charge in [0.05, 0.1) is 5.56 Å². The predicted octanol–water partition coefficient (Wildman–Crippen LogP) is 3.37. The van der Waals surface area contributed by atoms with Gasteiger partial charge in [0.1, 0.15) is 0 Å². The average molecular weight is 253 g/mol. The highest BCUT2D eigenvalue weighted by molar-refractivity contribution is 5.67. The van der Waals surface area contributed by atoms with E-state index in [4.69, 9.17) is 0 Å². The second kappa shape index (κ2) is 4.33. The number of benzene rings is 1. The smallest absolute Gasteiger partial charge is 0.328 e. The van der Waals surface area contributed by atoms with Crippen LogP contribution in [0.25, 0.3) is 11.1 Å². The zero-order valence-electron chi connectivity index (χ0n) is 9.51. The molecule has 1 aromatic carbocycles. The minimum absolute atomic E-state index is 0.0596. The van der Waals surface area contributed by atoms with Crippen LogP contribution in [0.4, 0.5) is 13.2 Å². The van der Waals surface area contributed by atoms with Crippen molar-refractivity contribution in [1.29, 1.82) is 0 Å². The van der Waals surface area contributed by atoms with E-state index in [0.29, 0.717) is 11.1 Å². The summed E-state index contributed by atoms with van der Waals surface area (Å²) in [5.41, 5.74) is -0.228. The minimum Gasteiger partial charge on any atom is -0.328 e. The van der Waals surface area contributed by atoms with Crippen molar-refractivity contribution in [3.8, 4) is 11.1 Å². The van der Waals surface area contributed by atoms with E-state index < -0.39 is 11.7 Å². The maximum atomic E-state index is 12.8. The number of aryl methyl sites for hydroxylation is 1. The van der Waals surface area contributed by atoms with Crippen molar-refractivity contribution in [2.45, 2.75) is 13.1 Å². The first-order chi connectivity index (χ1) is 8.39. The van der Waals surface area contributed by atoms with Crippen molar-refractivity contribution in [1.82, 2.24) is 4.98 Å². The SMILES string of the molecule is Cc1cc(-c2ccccc2C(F)(F)F)c[nH]c1=O. The van der Waals surface area contributed by atoms with Gasteiger partial charge in [0.15, 0.2) is 0 Å². The Hall–Kier alpha value is -2.04. The predicted molar refractivity (Wildman–Crippen MR) is 62.2 cm³/mol. The van der Waals surface area contributed by atoms with Gasteiger partial charge in [-0.25, -0.2) is 0 Å². The van der Waals surface area contributed by atoms with Crippen molar-refractivity contribution >= 4 is 0 Å². The summed E-state index contributed by atoms with van der Waals surface area (Å²) < 4.78 is 38.5. The molecule has 18 heavy (non-hydrogen) atoms. The second-order valence-corrected chi connectivity index (χ2v) is 3.94. The number of aromatic nitrogens is 1. The van der Waals surface area contributed by atoms with Crippen LogP contribution in [0.2, 0.25) is 0 Å². The zero-order chi connectivity index (χ0) is 13.3. The Kier molecular flexibility index (Phi) is 2.98. The summed E-state index contributed by atoms with van der Waals surface area (Å²) >= 11 is 0. The first-order valence-corrected chi connectivity index (χ1v) is 5.25. The standard InChI is InChI=1S/C13H10F3NO/c1-8-6-9(7-17-12(8)18)10-4-2-3-5-11(10)13(14,15)16/h2-7H,1H3,(H,17,18). The molecule has 1 aromatic heterocycles. The maximum Gasteiger partial charge on any atom is 0.417 e. The Morgan fingerprint density at radius 1 is 1.17 bits per heavy atom. The molecule has 5 heteroatoms. The van der Waals surface area contributed by atoms with Crippen LogP contribution in [0, 0.1) is 6.92 Å². The molecule has 0 saturated heterocycles. The Morgan fingerprint density at radius 3 is 2.44 bits per heavy atom. The molecule has 0 radical (unpaired) electrons. The quantitative estimate of drug-likeness (QED) is 0.830. The number of hydrogen-bond donors (Lipinski definition) is 1. The van der Waals surface area contributed by atoms with Gasteiger partial charge in [-0.1, -0.05) is 18.2 Å². The van der Waals surface area contributed by atoms with Crippen LogP contribution in [0.5, 0.6) is 0 Å². The maximum absolute atomic E-state index is 12.8. The van der Waals surface area contributed by atoms with Crippen LogP contribution < -0.4 is 5.56 Å². The molecule has 0 aliphatic carbocycles. The number of aromatic amines is 1.